The number of aromatic nitrogens is 2. The number of hydrogen-bond donors (Lipinski definition) is 0. The van der Waals surface area contributed by atoms with E-state index in [9.17, 15) is 0 Å². The molecule has 1 aromatic rings. The van der Waals surface area contributed by atoms with Gasteiger partial charge in [0.25, 0.3) is 0 Å². The highest BCUT2D eigenvalue weighted by Gasteiger charge is 2.19. The van der Waals surface area contributed by atoms with E-state index in [1.807, 2.05) is 0 Å². The summed E-state index contributed by atoms with van der Waals surface area (Å²) in [7, 11) is 4.30. The molecule has 0 amide bonds. The van der Waals surface area contributed by atoms with Crippen LogP contribution in [0.5, 0.6) is 0 Å². The molecule has 17 heavy (non-hydrogen) atoms. The van der Waals surface area contributed by atoms with Crippen LogP contribution < -0.4 is 4.90 Å². The summed E-state index contributed by atoms with van der Waals surface area (Å²) in [6, 6.07) is 0. The summed E-state index contributed by atoms with van der Waals surface area (Å²) in [5.74, 6) is 1.76. The molecule has 2 heterocycles. The quantitative estimate of drug-likeness (QED) is 0.855. The molecule has 5 heteroatoms. The smallest absolute Gasteiger partial charge is 0.146 e. The van der Waals surface area contributed by atoms with E-state index < -0.39 is 0 Å². The highest BCUT2D eigenvalue weighted by molar-refractivity contribution is 9.10. The highest BCUT2D eigenvalue weighted by Crippen LogP contribution is 2.24. The lowest BCUT2D eigenvalue weighted by Gasteiger charge is -2.32. The Hall–Kier alpha value is -0.680. The summed E-state index contributed by atoms with van der Waals surface area (Å²) >= 11 is 3.50. The van der Waals surface area contributed by atoms with E-state index in [0.29, 0.717) is 0 Å². The van der Waals surface area contributed by atoms with Gasteiger partial charge in [-0.05, 0) is 54.8 Å². The Morgan fingerprint density at radius 3 is 2.82 bits per heavy atom. The highest BCUT2D eigenvalue weighted by atomic mass is 79.9. The van der Waals surface area contributed by atoms with Crippen LogP contribution in [0.25, 0.3) is 0 Å². The molecule has 4 nitrogen and oxygen atoms in total. The number of nitrogens with zero attached hydrogens (tertiary/aromatic N) is 4. The third-order valence-electron chi connectivity index (χ3n) is 3.38. The molecule has 0 unspecified atom stereocenters. The zero-order valence-corrected chi connectivity index (χ0v) is 12.0. The molecule has 1 aliphatic heterocycles. The first-order chi connectivity index (χ1) is 8.16. The molecule has 1 aliphatic rings. The molecule has 0 radical (unpaired) electrons. The third kappa shape index (κ3) is 3.39. The van der Waals surface area contributed by atoms with E-state index in [4.69, 9.17) is 0 Å². The van der Waals surface area contributed by atoms with Crippen LogP contribution in [-0.4, -0.2) is 48.6 Å². The number of likely N-dealkylation sites (tertiary alicyclic amines) is 1. The van der Waals surface area contributed by atoms with Gasteiger partial charge in [0.2, 0.25) is 0 Å². The van der Waals surface area contributed by atoms with Gasteiger partial charge in [0.05, 0.1) is 4.47 Å². The van der Waals surface area contributed by atoms with Crippen LogP contribution in [0, 0.1) is 5.92 Å². The number of hydrogen-bond acceptors (Lipinski definition) is 4. The van der Waals surface area contributed by atoms with E-state index in [1.165, 1.54) is 25.9 Å². The van der Waals surface area contributed by atoms with Crippen molar-refractivity contribution in [3.05, 3.63) is 17.0 Å². The lowest BCUT2D eigenvalue weighted by atomic mass is 9.97. The van der Waals surface area contributed by atoms with Crippen LogP contribution in [-0.2, 0) is 0 Å². The van der Waals surface area contributed by atoms with E-state index >= 15 is 0 Å². The van der Waals surface area contributed by atoms with Crippen molar-refractivity contribution in [3.63, 3.8) is 0 Å². The van der Waals surface area contributed by atoms with Gasteiger partial charge in [-0.1, -0.05) is 0 Å². The molecule has 2 rings (SSSR count). The van der Waals surface area contributed by atoms with Crippen molar-refractivity contribution >= 4 is 21.7 Å². The molecule has 0 spiro atoms. The Labute approximate surface area is 111 Å². The number of rotatable bonds is 3. The van der Waals surface area contributed by atoms with Crippen molar-refractivity contribution in [2.75, 3.05) is 38.6 Å². The Morgan fingerprint density at radius 2 is 2.18 bits per heavy atom. The largest absolute Gasteiger partial charge is 0.358 e. The first kappa shape index (κ1) is 12.8. The van der Waals surface area contributed by atoms with Gasteiger partial charge >= 0.3 is 0 Å². The summed E-state index contributed by atoms with van der Waals surface area (Å²) in [5.41, 5.74) is 0. The van der Waals surface area contributed by atoms with Gasteiger partial charge in [0.15, 0.2) is 0 Å². The van der Waals surface area contributed by atoms with Crippen LogP contribution in [0.4, 0.5) is 5.82 Å². The molecule has 0 N–H and O–H groups in total. The van der Waals surface area contributed by atoms with Crippen molar-refractivity contribution in [1.82, 2.24) is 14.9 Å². The summed E-state index contributed by atoms with van der Waals surface area (Å²) in [6.45, 7) is 3.50. The van der Waals surface area contributed by atoms with Gasteiger partial charge in [-0.3, -0.25) is 0 Å². The van der Waals surface area contributed by atoms with Crippen molar-refractivity contribution in [2.45, 2.75) is 12.8 Å². The molecule has 94 valence electrons. The molecular formula is C12H19BrN4. The van der Waals surface area contributed by atoms with Gasteiger partial charge in [0.1, 0.15) is 12.1 Å². The first-order valence-electron chi connectivity index (χ1n) is 6.02. The second-order valence-electron chi connectivity index (χ2n) is 4.82. The van der Waals surface area contributed by atoms with Gasteiger partial charge in [0, 0.05) is 19.8 Å². The van der Waals surface area contributed by atoms with Gasteiger partial charge < -0.3 is 9.80 Å². The van der Waals surface area contributed by atoms with Crippen molar-refractivity contribution in [2.24, 2.45) is 5.92 Å². The normalized spacial score (nSPS) is 18.3. The Bertz CT molecular complexity index is 363. The molecule has 0 saturated carbocycles. The van der Waals surface area contributed by atoms with Crippen molar-refractivity contribution < 1.29 is 0 Å². The number of piperidine rings is 1. The van der Waals surface area contributed by atoms with Crippen LogP contribution in [0.1, 0.15) is 12.8 Å². The molecule has 1 aromatic heterocycles. The Kier molecular flexibility index (Phi) is 4.34. The number of halogens is 1. The summed E-state index contributed by atoms with van der Waals surface area (Å²) in [6.07, 6.45) is 5.96. The van der Waals surface area contributed by atoms with E-state index in [0.717, 1.165) is 22.8 Å². The fourth-order valence-electron chi connectivity index (χ4n) is 2.31. The minimum Gasteiger partial charge on any atom is -0.358 e. The fraction of sp³-hybridized carbons (Fsp3) is 0.667. The maximum atomic E-state index is 4.32. The second kappa shape index (κ2) is 5.78. The fourth-order valence-corrected chi connectivity index (χ4v) is 2.83. The number of anilines is 1. The van der Waals surface area contributed by atoms with Crippen LogP contribution in [0.2, 0.25) is 0 Å². The van der Waals surface area contributed by atoms with Gasteiger partial charge in [-0.15, -0.1) is 0 Å². The minimum atomic E-state index is 0.776. The molecule has 1 saturated heterocycles. The van der Waals surface area contributed by atoms with Crippen LogP contribution in [0.15, 0.2) is 17.0 Å². The summed E-state index contributed by atoms with van der Waals surface area (Å²) < 4.78 is 0.968. The van der Waals surface area contributed by atoms with Crippen LogP contribution in [0.3, 0.4) is 0 Å². The lowest BCUT2D eigenvalue weighted by Crippen LogP contribution is -2.36. The molecule has 1 fully saturated rings. The van der Waals surface area contributed by atoms with E-state index in [-0.39, 0.29) is 0 Å². The predicted molar refractivity (Wildman–Crippen MR) is 73.2 cm³/mol. The minimum absolute atomic E-state index is 0.776. The average Bonchev–Trinajstić information content (AvgIpc) is 2.32. The topological polar surface area (TPSA) is 32.3 Å². The predicted octanol–water partition coefficient (Wildman–Crippen LogP) is 2.02. The standard InChI is InChI=1S/C12H19BrN4/c1-16-5-3-10(4-6-16)8-17(2)12-11(13)7-14-9-15-12/h7,9-10H,3-6,8H2,1-2H3. The molecule has 0 bridgehead atoms. The molecule has 0 aromatic carbocycles. The summed E-state index contributed by atoms with van der Waals surface area (Å²) in [5, 5.41) is 0. The maximum Gasteiger partial charge on any atom is 0.146 e. The zero-order chi connectivity index (χ0) is 12.3. The first-order valence-corrected chi connectivity index (χ1v) is 6.81. The van der Waals surface area contributed by atoms with Crippen molar-refractivity contribution in [3.8, 4) is 0 Å². The lowest BCUT2D eigenvalue weighted by molar-refractivity contribution is 0.222. The van der Waals surface area contributed by atoms with E-state index in [1.54, 1.807) is 12.5 Å². The summed E-state index contributed by atoms with van der Waals surface area (Å²) in [4.78, 5) is 12.9. The Morgan fingerprint density at radius 1 is 1.47 bits per heavy atom. The molecule has 0 aliphatic carbocycles. The molecule has 0 atom stereocenters. The van der Waals surface area contributed by atoms with Gasteiger partial charge in [-0.2, -0.15) is 0 Å². The monoisotopic (exact) mass is 298 g/mol. The zero-order valence-electron chi connectivity index (χ0n) is 10.4. The Balaban J connectivity index is 1.93. The van der Waals surface area contributed by atoms with E-state index in [2.05, 4.69) is 49.8 Å². The molecular weight excluding hydrogens is 280 g/mol. The average molecular weight is 299 g/mol. The SMILES string of the molecule is CN1CCC(CN(C)c2ncncc2Br)CC1. The third-order valence-corrected chi connectivity index (χ3v) is 3.94. The van der Waals surface area contributed by atoms with Crippen LogP contribution >= 0.6 is 15.9 Å². The second-order valence-corrected chi connectivity index (χ2v) is 5.68. The maximum absolute atomic E-state index is 4.32. The van der Waals surface area contributed by atoms with Crippen molar-refractivity contribution in [1.29, 1.82) is 0 Å². The van der Waals surface area contributed by atoms with Gasteiger partial charge in [-0.25, -0.2) is 9.97 Å².